The Balaban J connectivity index is 2.39. The number of hydrogen-bond acceptors (Lipinski definition) is 3. The van der Waals surface area contributed by atoms with Crippen LogP contribution in [-0.4, -0.2) is 39.7 Å². The molecule has 0 radical (unpaired) electrons. The van der Waals surface area contributed by atoms with Gasteiger partial charge in [-0.25, -0.2) is 0 Å². The molecule has 3 rings (SSSR count). The summed E-state index contributed by atoms with van der Waals surface area (Å²) in [4.78, 5) is 0. The van der Waals surface area contributed by atoms with Gasteiger partial charge in [-0.1, -0.05) is 30.3 Å². The molecule has 2 aromatic carbocycles. The van der Waals surface area contributed by atoms with E-state index in [4.69, 9.17) is 0 Å². The molecule has 0 fully saturated rings. The van der Waals surface area contributed by atoms with Crippen molar-refractivity contribution in [1.29, 1.82) is 0 Å². The topological polar surface area (TPSA) is 65.6 Å². The molecule has 0 amide bonds. The number of rotatable bonds is 6. The Bertz CT molecular complexity index is 792. The fourth-order valence-corrected chi connectivity index (χ4v) is 3.34. The van der Waals surface area contributed by atoms with Crippen molar-refractivity contribution in [1.82, 2.24) is 4.57 Å². The fraction of sp³-hybridized carbons (Fsp3) is 0.333. The van der Waals surface area contributed by atoms with Gasteiger partial charge in [0.1, 0.15) is 0 Å². The second kappa shape index (κ2) is 6.48. The first kappa shape index (κ1) is 15.0. The van der Waals surface area contributed by atoms with E-state index in [1.807, 2.05) is 18.2 Å². The summed E-state index contributed by atoms with van der Waals surface area (Å²) < 4.78 is 2.12. The van der Waals surface area contributed by atoms with E-state index in [1.165, 1.54) is 0 Å². The van der Waals surface area contributed by atoms with E-state index in [0.717, 1.165) is 32.9 Å². The Hall–Kier alpha value is -1.88. The highest BCUT2D eigenvalue weighted by atomic mass is 16.3. The lowest BCUT2D eigenvalue weighted by Crippen LogP contribution is -2.07. The standard InChI is InChI=1S/C18H21NO3/c20-10-7-13-5-6-16-15-3-1-2-4-17(15)19(9-12-22)18(16)14(13)8-11-21/h1-6,20-22H,7-12H2. The highest BCUT2D eigenvalue weighted by Crippen LogP contribution is 2.33. The molecule has 0 aliphatic heterocycles. The van der Waals surface area contributed by atoms with Crippen LogP contribution in [0.15, 0.2) is 36.4 Å². The highest BCUT2D eigenvalue weighted by molar-refractivity contribution is 6.09. The summed E-state index contributed by atoms with van der Waals surface area (Å²) in [5.74, 6) is 0. The first-order valence-corrected chi connectivity index (χ1v) is 7.66. The van der Waals surface area contributed by atoms with Gasteiger partial charge in [0.05, 0.1) is 12.1 Å². The van der Waals surface area contributed by atoms with E-state index >= 15 is 0 Å². The molecule has 116 valence electrons. The van der Waals surface area contributed by atoms with Gasteiger partial charge in [-0.2, -0.15) is 0 Å². The number of fused-ring (bicyclic) bond motifs is 3. The lowest BCUT2D eigenvalue weighted by Gasteiger charge is -2.13. The minimum absolute atomic E-state index is 0.0660. The van der Waals surface area contributed by atoms with E-state index in [9.17, 15) is 15.3 Å². The van der Waals surface area contributed by atoms with E-state index in [2.05, 4.69) is 22.8 Å². The maximum Gasteiger partial charge on any atom is 0.0610 e. The van der Waals surface area contributed by atoms with Crippen molar-refractivity contribution in [2.24, 2.45) is 0 Å². The molecule has 0 aliphatic rings. The molecule has 0 aliphatic carbocycles. The zero-order chi connectivity index (χ0) is 15.5. The third kappa shape index (κ3) is 2.39. The SMILES string of the molecule is OCCc1ccc2c3ccccc3n(CCO)c2c1CCO. The Morgan fingerprint density at radius 3 is 2.27 bits per heavy atom. The molecule has 0 atom stereocenters. The number of aliphatic hydroxyl groups excluding tert-OH is 3. The summed E-state index contributed by atoms with van der Waals surface area (Å²) in [6.45, 7) is 0.740. The van der Waals surface area contributed by atoms with Crippen molar-refractivity contribution < 1.29 is 15.3 Å². The third-order valence-corrected chi connectivity index (χ3v) is 4.20. The first-order chi connectivity index (χ1) is 10.8. The Kier molecular flexibility index (Phi) is 4.43. The van der Waals surface area contributed by atoms with E-state index in [0.29, 0.717) is 19.4 Å². The molecule has 1 aromatic heterocycles. The summed E-state index contributed by atoms with van der Waals surface area (Å²) in [6, 6.07) is 12.3. The van der Waals surface area contributed by atoms with Gasteiger partial charge in [-0.05, 0) is 30.0 Å². The van der Waals surface area contributed by atoms with Crippen molar-refractivity contribution in [2.75, 3.05) is 19.8 Å². The average Bonchev–Trinajstić information content (AvgIpc) is 2.85. The first-order valence-electron chi connectivity index (χ1n) is 7.66. The normalized spacial score (nSPS) is 11.6. The number of hydrogen-bond donors (Lipinski definition) is 3. The van der Waals surface area contributed by atoms with E-state index in [-0.39, 0.29) is 19.8 Å². The predicted octanol–water partition coefficient (Wildman–Crippen LogP) is 1.86. The second-order valence-electron chi connectivity index (χ2n) is 5.44. The number of benzene rings is 2. The van der Waals surface area contributed by atoms with Crippen LogP contribution in [-0.2, 0) is 19.4 Å². The van der Waals surface area contributed by atoms with Crippen LogP contribution in [0, 0.1) is 0 Å². The van der Waals surface area contributed by atoms with Crippen LogP contribution in [0.3, 0.4) is 0 Å². The van der Waals surface area contributed by atoms with E-state index < -0.39 is 0 Å². The van der Waals surface area contributed by atoms with Gasteiger partial charge in [-0.15, -0.1) is 0 Å². The molecular weight excluding hydrogens is 278 g/mol. The number of aromatic nitrogens is 1. The number of aliphatic hydroxyl groups is 3. The third-order valence-electron chi connectivity index (χ3n) is 4.20. The zero-order valence-electron chi connectivity index (χ0n) is 12.5. The average molecular weight is 299 g/mol. The van der Waals surface area contributed by atoms with Crippen molar-refractivity contribution in [3.8, 4) is 0 Å². The summed E-state index contributed by atoms with van der Waals surface area (Å²) in [5.41, 5.74) is 4.28. The molecule has 0 saturated carbocycles. The number of nitrogens with zero attached hydrogens (tertiary/aromatic N) is 1. The quantitative estimate of drug-likeness (QED) is 0.651. The Morgan fingerprint density at radius 2 is 1.55 bits per heavy atom. The minimum Gasteiger partial charge on any atom is -0.396 e. The van der Waals surface area contributed by atoms with Gasteiger partial charge >= 0.3 is 0 Å². The predicted molar refractivity (Wildman–Crippen MR) is 88.1 cm³/mol. The van der Waals surface area contributed by atoms with Crippen LogP contribution >= 0.6 is 0 Å². The minimum atomic E-state index is 0.0660. The molecular formula is C18H21NO3. The van der Waals surface area contributed by atoms with Crippen LogP contribution in [0.1, 0.15) is 11.1 Å². The van der Waals surface area contributed by atoms with Gasteiger partial charge in [0.2, 0.25) is 0 Å². The highest BCUT2D eigenvalue weighted by Gasteiger charge is 2.16. The van der Waals surface area contributed by atoms with Crippen LogP contribution in [0.25, 0.3) is 21.8 Å². The molecule has 22 heavy (non-hydrogen) atoms. The fourth-order valence-electron chi connectivity index (χ4n) is 3.34. The number of para-hydroxylation sites is 1. The van der Waals surface area contributed by atoms with Crippen LogP contribution in [0.4, 0.5) is 0 Å². The molecule has 4 heteroatoms. The molecule has 0 spiro atoms. The smallest absolute Gasteiger partial charge is 0.0610 e. The van der Waals surface area contributed by atoms with Crippen molar-refractivity contribution >= 4 is 21.8 Å². The summed E-state index contributed by atoms with van der Waals surface area (Å²) in [7, 11) is 0. The van der Waals surface area contributed by atoms with E-state index in [1.54, 1.807) is 0 Å². The molecule has 3 aromatic rings. The Labute approximate surface area is 129 Å². The summed E-state index contributed by atoms with van der Waals surface area (Å²) in [5, 5.41) is 30.5. The van der Waals surface area contributed by atoms with Gasteiger partial charge in [0.15, 0.2) is 0 Å². The lowest BCUT2D eigenvalue weighted by molar-refractivity contribution is 0.279. The zero-order valence-corrected chi connectivity index (χ0v) is 12.5. The molecule has 4 nitrogen and oxygen atoms in total. The summed E-state index contributed by atoms with van der Waals surface area (Å²) in [6.07, 6.45) is 1.13. The molecule has 1 heterocycles. The monoisotopic (exact) mass is 299 g/mol. The summed E-state index contributed by atoms with van der Waals surface area (Å²) >= 11 is 0. The maximum atomic E-state index is 9.45. The van der Waals surface area contributed by atoms with Crippen molar-refractivity contribution in [3.05, 3.63) is 47.5 Å². The lowest BCUT2D eigenvalue weighted by atomic mass is 9.98. The van der Waals surface area contributed by atoms with Crippen molar-refractivity contribution in [2.45, 2.75) is 19.4 Å². The van der Waals surface area contributed by atoms with Crippen LogP contribution in [0.5, 0.6) is 0 Å². The van der Waals surface area contributed by atoms with Gasteiger partial charge < -0.3 is 19.9 Å². The van der Waals surface area contributed by atoms with Gasteiger partial charge in [0, 0.05) is 36.0 Å². The molecule has 0 unspecified atom stereocenters. The molecule has 0 bridgehead atoms. The van der Waals surface area contributed by atoms with Gasteiger partial charge in [0.25, 0.3) is 0 Å². The van der Waals surface area contributed by atoms with Crippen LogP contribution in [0.2, 0.25) is 0 Å². The van der Waals surface area contributed by atoms with Gasteiger partial charge in [-0.3, -0.25) is 0 Å². The van der Waals surface area contributed by atoms with Crippen molar-refractivity contribution in [3.63, 3.8) is 0 Å². The van der Waals surface area contributed by atoms with Crippen LogP contribution < -0.4 is 0 Å². The molecule has 3 N–H and O–H groups in total. The Morgan fingerprint density at radius 1 is 0.773 bits per heavy atom. The second-order valence-corrected chi connectivity index (χ2v) is 5.44. The maximum absolute atomic E-state index is 9.45. The largest absolute Gasteiger partial charge is 0.396 e. The molecule has 0 saturated heterocycles.